The van der Waals surface area contributed by atoms with Crippen LogP contribution in [0.2, 0.25) is 10.0 Å². The lowest BCUT2D eigenvalue weighted by molar-refractivity contribution is 0.304. The van der Waals surface area contributed by atoms with Crippen LogP contribution in [0.25, 0.3) is 0 Å². The smallest absolute Gasteiger partial charge is 0.0556 e. The summed E-state index contributed by atoms with van der Waals surface area (Å²) in [6.45, 7) is 4.63. The van der Waals surface area contributed by atoms with Gasteiger partial charge in [0.1, 0.15) is 0 Å². The Labute approximate surface area is 311 Å². The van der Waals surface area contributed by atoms with E-state index in [1.807, 2.05) is 36.0 Å². The van der Waals surface area contributed by atoms with E-state index in [1.54, 1.807) is 0 Å². The number of thioether (sulfide) groups is 1. The van der Waals surface area contributed by atoms with Crippen molar-refractivity contribution in [2.75, 3.05) is 0 Å². The summed E-state index contributed by atoms with van der Waals surface area (Å²) in [5.41, 5.74) is 8.30. The molecule has 0 aliphatic heterocycles. The van der Waals surface area contributed by atoms with E-state index in [0.717, 1.165) is 21.9 Å². The van der Waals surface area contributed by atoms with Crippen molar-refractivity contribution in [3.05, 3.63) is 140 Å². The van der Waals surface area contributed by atoms with Crippen molar-refractivity contribution in [3.63, 3.8) is 0 Å². The van der Waals surface area contributed by atoms with Gasteiger partial charge in [-0.25, -0.2) is 0 Å². The van der Waals surface area contributed by atoms with Gasteiger partial charge in [0.25, 0.3) is 0 Å². The van der Waals surface area contributed by atoms with E-state index in [-0.39, 0.29) is 10.5 Å². The SMILES string of the molecule is CCCC[C@H]1CC[C@H](c2ccc(C(SC(c3ccc(Cl)cc3)c3ccc([C@H]4CC[C@H](CCCC)CC4)cc3)c3ccc(Cl)cc3)cc2)CC1. The topological polar surface area (TPSA) is 0 Å². The third kappa shape index (κ3) is 9.99. The molecule has 0 spiro atoms. The normalized spacial score (nSPS) is 22.4. The number of unbranched alkanes of at least 4 members (excludes halogenated alkanes) is 2. The van der Waals surface area contributed by atoms with E-state index < -0.39 is 0 Å². The Kier molecular flexibility index (Phi) is 13.7. The average molecular weight is 712 g/mol. The van der Waals surface area contributed by atoms with Gasteiger partial charge in [0.2, 0.25) is 0 Å². The zero-order valence-electron chi connectivity index (χ0n) is 29.8. The standard InChI is InChI=1S/C46H56Cl2S/c1-3-5-7-33-9-13-35(14-10-33)37-17-21-39(22-18-37)45(41-25-29-43(47)30-26-41)49-46(42-27-31-44(48)32-28-42)40-23-19-38(20-24-40)36-15-11-34(12-16-36)8-6-4-2/h17-36,45-46H,3-16H2,1-2H3/t33-,34-,35-,36-,45?,46?. The summed E-state index contributed by atoms with van der Waals surface area (Å²) >= 11 is 14.8. The van der Waals surface area contributed by atoms with Gasteiger partial charge in [-0.15, -0.1) is 11.8 Å². The summed E-state index contributed by atoms with van der Waals surface area (Å²) < 4.78 is 0. The van der Waals surface area contributed by atoms with Crippen molar-refractivity contribution in [2.24, 2.45) is 11.8 Å². The van der Waals surface area contributed by atoms with Gasteiger partial charge in [0.15, 0.2) is 0 Å². The fraction of sp³-hybridized carbons (Fsp3) is 0.478. The second-order valence-corrected chi connectivity index (χ2v) is 17.1. The van der Waals surface area contributed by atoms with Crippen LogP contribution >= 0.6 is 35.0 Å². The Balaban J connectivity index is 1.24. The second-order valence-electron chi connectivity index (χ2n) is 15.1. The predicted molar refractivity (Wildman–Crippen MR) is 216 cm³/mol. The average Bonchev–Trinajstić information content (AvgIpc) is 3.15. The van der Waals surface area contributed by atoms with Gasteiger partial charge in [-0.1, -0.05) is 148 Å². The van der Waals surface area contributed by atoms with E-state index in [9.17, 15) is 0 Å². The van der Waals surface area contributed by atoms with Gasteiger partial charge in [-0.3, -0.25) is 0 Å². The number of halogens is 2. The van der Waals surface area contributed by atoms with E-state index in [0.29, 0.717) is 11.8 Å². The molecule has 0 amide bonds. The lowest BCUT2D eigenvalue weighted by Gasteiger charge is -2.30. The first-order valence-electron chi connectivity index (χ1n) is 19.4. The molecule has 0 nitrogen and oxygen atoms in total. The Hall–Kier alpha value is -2.19. The second kappa shape index (κ2) is 18.3. The Bertz CT molecular complexity index is 1410. The quantitative estimate of drug-likeness (QED) is 0.125. The maximum atomic E-state index is 6.41. The van der Waals surface area contributed by atoms with Gasteiger partial charge in [0, 0.05) is 10.0 Å². The summed E-state index contributed by atoms with van der Waals surface area (Å²) in [5, 5.41) is 1.88. The Morgan fingerprint density at radius 1 is 0.469 bits per heavy atom. The molecular formula is C46H56Cl2S. The molecule has 49 heavy (non-hydrogen) atoms. The third-order valence-electron chi connectivity index (χ3n) is 11.7. The highest BCUT2D eigenvalue weighted by Crippen LogP contribution is 2.49. The molecule has 4 aromatic carbocycles. The first-order valence-corrected chi connectivity index (χ1v) is 21.1. The fourth-order valence-corrected chi connectivity index (χ4v) is 10.3. The Morgan fingerprint density at radius 3 is 1.08 bits per heavy atom. The van der Waals surface area contributed by atoms with Crippen LogP contribution in [-0.4, -0.2) is 0 Å². The lowest BCUT2D eigenvalue weighted by atomic mass is 9.77. The van der Waals surface area contributed by atoms with Crippen molar-refractivity contribution in [1.29, 1.82) is 0 Å². The van der Waals surface area contributed by atoms with E-state index in [2.05, 4.69) is 86.6 Å². The number of hydrogen-bond donors (Lipinski definition) is 0. The molecule has 2 unspecified atom stereocenters. The maximum Gasteiger partial charge on any atom is 0.0556 e. The molecule has 0 heterocycles. The van der Waals surface area contributed by atoms with Crippen molar-refractivity contribution in [1.82, 2.24) is 0 Å². The number of hydrogen-bond acceptors (Lipinski definition) is 1. The number of benzene rings is 4. The molecule has 0 bridgehead atoms. The largest absolute Gasteiger partial charge is 0.136 e. The zero-order chi connectivity index (χ0) is 34.0. The molecule has 2 aliphatic rings. The van der Waals surface area contributed by atoms with E-state index in [4.69, 9.17) is 23.2 Å². The van der Waals surface area contributed by atoms with Gasteiger partial charge >= 0.3 is 0 Å². The maximum absolute atomic E-state index is 6.41. The van der Waals surface area contributed by atoms with Crippen LogP contribution in [0.1, 0.15) is 159 Å². The van der Waals surface area contributed by atoms with Crippen LogP contribution in [0.5, 0.6) is 0 Å². The third-order valence-corrected chi connectivity index (χ3v) is 13.8. The molecule has 2 saturated carbocycles. The van der Waals surface area contributed by atoms with E-state index in [1.165, 1.54) is 123 Å². The van der Waals surface area contributed by atoms with Crippen LogP contribution in [0.4, 0.5) is 0 Å². The highest BCUT2D eigenvalue weighted by atomic mass is 35.5. The van der Waals surface area contributed by atoms with Crippen LogP contribution in [0, 0.1) is 11.8 Å². The van der Waals surface area contributed by atoms with Crippen molar-refractivity contribution in [3.8, 4) is 0 Å². The van der Waals surface area contributed by atoms with Crippen LogP contribution in [0.3, 0.4) is 0 Å². The minimum Gasteiger partial charge on any atom is -0.136 e. The summed E-state index contributed by atoms with van der Waals surface area (Å²) in [5.74, 6) is 3.26. The molecule has 4 aromatic rings. The summed E-state index contributed by atoms with van der Waals surface area (Å²) in [4.78, 5) is 0. The highest BCUT2D eigenvalue weighted by molar-refractivity contribution is 8.00. The molecule has 6 rings (SSSR count). The monoisotopic (exact) mass is 710 g/mol. The molecule has 2 aliphatic carbocycles. The van der Waals surface area contributed by atoms with Crippen LogP contribution < -0.4 is 0 Å². The van der Waals surface area contributed by atoms with E-state index >= 15 is 0 Å². The summed E-state index contributed by atoms with van der Waals surface area (Å²) in [6, 6.07) is 36.4. The Morgan fingerprint density at radius 2 is 0.776 bits per heavy atom. The molecule has 0 aromatic heterocycles. The van der Waals surface area contributed by atoms with Gasteiger partial charge in [-0.2, -0.15) is 0 Å². The summed E-state index contributed by atoms with van der Waals surface area (Å²) in [7, 11) is 0. The molecule has 3 heteroatoms. The van der Waals surface area contributed by atoms with Crippen LogP contribution in [0.15, 0.2) is 97.1 Å². The molecule has 0 N–H and O–H groups in total. The molecule has 2 fully saturated rings. The van der Waals surface area contributed by atoms with Crippen molar-refractivity contribution in [2.45, 2.75) is 126 Å². The molecule has 2 atom stereocenters. The predicted octanol–water partition coefficient (Wildman–Crippen LogP) is 15.5. The summed E-state index contributed by atoms with van der Waals surface area (Å²) in [6.07, 6.45) is 19.1. The fourth-order valence-electron chi connectivity index (χ4n) is 8.55. The molecule has 260 valence electrons. The first-order chi connectivity index (χ1) is 24.0. The zero-order valence-corrected chi connectivity index (χ0v) is 32.1. The molecular weight excluding hydrogens is 655 g/mol. The van der Waals surface area contributed by atoms with Crippen molar-refractivity contribution < 1.29 is 0 Å². The number of rotatable bonds is 14. The van der Waals surface area contributed by atoms with Gasteiger partial charge in [0.05, 0.1) is 10.5 Å². The van der Waals surface area contributed by atoms with Crippen molar-refractivity contribution >= 4 is 35.0 Å². The van der Waals surface area contributed by atoms with Gasteiger partial charge < -0.3 is 0 Å². The molecule has 0 saturated heterocycles. The highest BCUT2D eigenvalue weighted by Gasteiger charge is 2.27. The van der Waals surface area contributed by atoms with Crippen LogP contribution in [-0.2, 0) is 0 Å². The lowest BCUT2D eigenvalue weighted by Crippen LogP contribution is -2.13. The van der Waals surface area contributed by atoms with Gasteiger partial charge in [-0.05, 0) is 133 Å². The minimum atomic E-state index is 0.162. The minimum absolute atomic E-state index is 0.162. The first kappa shape index (κ1) is 36.6. The molecule has 0 radical (unpaired) electrons.